The first-order valence-corrected chi connectivity index (χ1v) is 5.92. The third-order valence-electron chi connectivity index (χ3n) is 2.50. The van der Waals surface area contributed by atoms with Crippen LogP contribution in [-0.4, -0.2) is 28.6 Å². The first-order valence-electron chi connectivity index (χ1n) is 5.92. The molecule has 0 unspecified atom stereocenters. The number of hydrogen-bond acceptors (Lipinski definition) is 4. The molecule has 0 aliphatic heterocycles. The number of anilines is 1. The summed E-state index contributed by atoms with van der Waals surface area (Å²) in [5.74, 6) is 0.764. The molecule has 1 amide bonds. The lowest BCUT2D eigenvalue weighted by Gasteiger charge is -2.08. The maximum atomic E-state index is 12.0. The highest BCUT2D eigenvalue weighted by Crippen LogP contribution is 2.17. The van der Waals surface area contributed by atoms with Crippen LogP contribution < -0.4 is 15.8 Å². The van der Waals surface area contributed by atoms with Crippen LogP contribution >= 0.6 is 0 Å². The highest BCUT2D eigenvalue weighted by molar-refractivity contribution is 6.01. The smallest absolute Gasteiger partial charge is 0.291 e. The maximum absolute atomic E-state index is 12.0. The SMILES string of the molecule is Cn1ccnc1C(=O)Nc1cccc(OCCN)c1. The van der Waals surface area contributed by atoms with Crippen LogP contribution in [0.4, 0.5) is 5.69 Å². The Morgan fingerprint density at radius 1 is 1.53 bits per heavy atom. The molecule has 0 aliphatic carbocycles. The molecule has 2 rings (SSSR count). The summed E-state index contributed by atoms with van der Waals surface area (Å²) < 4.78 is 7.05. The molecule has 0 atom stereocenters. The highest BCUT2D eigenvalue weighted by atomic mass is 16.5. The zero-order valence-corrected chi connectivity index (χ0v) is 10.7. The molecule has 6 heteroatoms. The van der Waals surface area contributed by atoms with Crippen LogP contribution in [0.1, 0.15) is 10.6 Å². The zero-order chi connectivity index (χ0) is 13.7. The summed E-state index contributed by atoms with van der Waals surface area (Å²) in [7, 11) is 1.77. The molecule has 0 saturated heterocycles. The Hall–Kier alpha value is -2.34. The lowest BCUT2D eigenvalue weighted by atomic mass is 10.3. The molecular formula is C13H16N4O2. The Labute approximate surface area is 111 Å². The molecule has 1 heterocycles. The number of imidazole rings is 1. The van der Waals surface area contributed by atoms with Crippen molar-refractivity contribution in [3.63, 3.8) is 0 Å². The van der Waals surface area contributed by atoms with Crippen LogP contribution in [0.2, 0.25) is 0 Å². The van der Waals surface area contributed by atoms with E-state index in [0.29, 0.717) is 30.4 Å². The monoisotopic (exact) mass is 260 g/mol. The van der Waals surface area contributed by atoms with Crippen molar-refractivity contribution in [1.82, 2.24) is 9.55 Å². The van der Waals surface area contributed by atoms with Gasteiger partial charge in [-0.1, -0.05) is 6.07 Å². The minimum Gasteiger partial charge on any atom is -0.492 e. The summed E-state index contributed by atoms with van der Waals surface area (Å²) in [5, 5.41) is 2.77. The van der Waals surface area contributed by atoms with Gasteiger partial charge >= 0.3 is 0 Å². The van der Waals surface area contributed by atoms with Gasteiger partial charge in [0, 0.05) is 37.7 Å². The predicted octanol–water partition coefficient (Wildman–Crippen LogP) is 1.01. The fourth-order valence-corrected chi connectivity index (χ4v) is 1.61. The van der Waals surface area contributed by atoms with Crippen LogP contribution in [0.3, 0.4) is 0 Å². The van der Waals surface area contributed by atoms with Gasteiger partial charge in [-0.25, -0.2) is 4.98 Å². The normalized spacial score (nSPS) is 10.2. The third-order valence-corrected chi connectivity index (χ3v) is 2.50. The quantitative estimate of drug-likeness (QED) is 0.840. The van der Waals surface area contributed by atoms with Crippen LogP contribution in [0, 0.1) is 0 Å². The van der Waals surface area contributed by atoms with Crippen molar-refractivity contribution < 1.29 is 9.53 Å². The van der Waals surface area contributed by atoms with Crippen molar-refractivity contribution in [2.45, 2.75) is 0 Å². The topological polar surface area (TPSA) is 82.2 Å². The van der Waals surface area contributed by atoms with Gasteiger partial charge in [0.05, 0.1) is 0 Å². The number of nitrogens with two attached hydrogens (primary N) is 1. The van der Waals surface area contributed by atoms with Gasteiger partial charge in [-0.15, -0.1) is 0 Å². The molecule has 3 N–H and O–H groups in total. The number of amides is 1. The van der Waals surface area contributed by atoms with Crippen LogP contribution in [0.5, 0.6) is 5.75 Å². The summed E-state index contributed by atoms with van der Waals surface area (Å²) in [5.41, 5.74) is 6.03. The number of rotatable bonds is 5. The number of nitrogens with zero attached hydrogens (tertiary/aromatic N) is 2. The lowest BCUT2D eigenvalue weighted by molar-refractivity contribution is 0.101. The summed E-state index contributed by atoms with van der Waals surface area (Å²) in [4.78, 5) is 16.0. The molecular weight excluding hydrogens is 244 g/mol. The first-order chi connectivity index (χ1) is 9.20. The number of aromatic nitrogens is 2. The number of nitrogens with one attached hydrogen (secondary N) is 1. The van der Waals surface area contributed by atoms with Crippen LogP contribution in [0.25, 0.3) is 0 Å². The van der Waals surface area contributed by atoms with Crippen molar-refractivity contribution in [3.8, 4) is 5.75 Å². The number of aryl methyl sites for hydroxylation is 1. The van der Waals surface area contributed by atoms with E-state index in [1.807, 2.05) is 6.07 Å². The molecule has 6 nitrogen and oxygen atoms in total. The molecule has 1 aromatic heterocycles. The van der Waals surface area contributed by atoms with Crippen molar-refractivity contribution in [1.29, 1.82) is 0 Å². The second kappa shape index (κ2) is 6.01. The van der Waals surface area contributed by atoms with Gasteiger partial charge in [-0.05, 0) is 12.1 Å². The van der Waals surface area contributed by atoms with Crippen LogP contribution in [-0.2, 0) is 7.05 Å². The number of hydrogen-bond donors (Lipinski definition) is 2. The molecule has 0 aliphatic rings. The van der Waals surface area contributed by atoms with Gasteiger partial charge < -0.3 is 20.4 Å². The van der Waals surface area contributed by atoms with Crippen molar-refractivity contribution >= 4 is 11.6 Å². The summed E-state index contributed by atoms with van der Waals surface area (Å²) in [6.07, 6.45) is 3.30. The van der Waals surface area contributed by atoms with E-state index in [1.165, 1.54) is 0 Å². The van der Waals surface area contributed by atoms with E-state index in [1.54, 1.807) is 42.2 Å². The molecule has 0 fully saturated rings. The second-order valence-electron chi connectivity index (χ2n) is 3.98. The van der Waals surface area contributed by atoms with E-state index in [-0.39, 0.29) is 5.91 Å². The minimum atomic E-state index is -0.261. The van der Waals surface area contributed by atoms with Gasteiger partial charge in [0.2, 0.25) is 0 Å². The third kappa shape index (κ3) is 3.32. The lowest BCUT2D eigenvalue weighted by Crippen LogP contribution is -2.16. The number of carbonyl (C=O) groups is 1. The largest absolute Gasteiger partial charge is 0.492 e. The van der Waals surface area contributed by atoms with Gasteiger partial charge in [-0.2, -0.15) is 0 Å². The van der Waals surface area contributed by atoms with E-state index in [4.69, 9.17) is 10.5 Å². The standard InChI is InChI=1S/C13H16N4O2/c1-17-7-6-15-12(17)13(18)16-10-3-2-4-11(9-10)19-8-5-14/h2-4,6-7,9H,5,8,14H2,1H3,(H,16,18). The Kier molecular flexibility index (Phi) is 4.15. The van der Waals surface area contributed by atoms with E-state index >= 15 is 0 Å². The van der Waals surface area contributed by atoms with E-state index in [2.05, 4.69) is 10.3 Å². The van der Waals surface area contributed by atoms with Crippen molar-refractivity contribution in [2.75, 3.05) is 18.5 Å². The predicted molar refractivity (Wildman–Crippen MR) is 72.2 cm³/mol. The van der Waals surface area contributed by atoms with Gasteiger partial charge in [0.25, 0.3) is 5.91 Å². The molecule has 19 heavy (non-hydrogen) atoms. The molecule has 1 aromatic carbocycles. The molecule has 100 valence electrons. The average molecular weight is 260 g/mol. The highest BCUT2D eigenvalue weighted by Gasteiger charge is 2.11. The van der Waals surface area contributed by atoms with Crippen molar-refractivity contribution in [3.05, 3.63) is 42.5 Å². The maximum Gasteiger partial charge on any atom is 0.291 e. The minimum absolute atomic E-state index is 0.261. The number of benzene rings is 1. The molecule has 0 bridgehead atoms. The Morgan fingerprint density at radius 3 is 3.05 bits per heavy atom. The Bertz CT molecular complexity index is 565. The fraction of sp³-hybridized carbons (Fsp3) is 0.231. The van der Waals surface area contributed by atoms with E-state index in [0.717, 1.165) is 0 Å². The van der Waals surface area contributed by atoms with Gasteiger partial charge in [0.1, 0.15) is 12.4 Å². The van der Waals surface area contributed by atoms with Gasteiger partial charge in [0.15, 0.2) is 5.82 Å². The van der Waals surface area contributed by atoms with E-state index in [9.17, 15) is 4.79 Å². The fourth-order valence-electron chi connectivity index (χ4n) is 1.61. The second-order valence-corrected chi connectivity index (χ2v) is 3.98. The summed E-state index contributed by atoms with van der Waals surface area (Å²) in [6, 6.07) is 7.15. The number of carbonyl (C=O) groups excluding carboxylic acids is 1. The average Bonchev–Trinajstić information content (AvgIpc) is 2.83. The Balaban J connectivity index is 2.07. The summed E-state index contributed by atoms with van der Waals surface area (Å²) >= 11 is 0. The van der Waals surface area contributed by atoms with Crippen molar-refractivity contribution in [2.24, 2.45) is 12.8 Å². The first kappa shape index (κ1) is 13.1. The number of ether oxygens (including phenoxy) is 1. The van der Waals surface area contributed by atoms with Gasteiger partial charge in [-0.3, -0.25) is 4.79 Å². The zero-order valence-electron chi connectivity index (χ0n) is 10.7. The molecule has 2 aromatic rings. The molecule has 0 radical (unpaired) electrons. The van der Waals surface area contributed by atoms with E-state index < -0.39 is 0 Å². The Morgan fingerprint density at radius 2 is 2.37 bits per heavy atom. The summed E-state index contributed by atoms with van der Waals surface area (Å²) in [6.45, 7) is 0.890. The molecule has 0 saturated carbocycles. The van der Waals surface area contributed by atoms with Crippen LogP contribution in [0.15, 0.2) is 36.7 Å². The molecule has 0 spiro atoms.